The smallest absolute Gasteiger partial charge is 0.124 e. The van der Waals surface area contributed by atoms with Gasteiger partial charge < -0.3 is 10.1 Å². The monoisotopic (exact) mass is 299 g/mol. The van der Waals surface area contributed by atoms with E-state index in [-0.39, 0.29) is 11.9 Å². The Kier molecular flexibility index (Phi) is 4.80. The largest absolute Gasteiger partial charge is 0.488 e. The molecule has 0 bridgehead atoms. The number of rotatable bonds is 5. The first-order valence-corrected chi connectivity index (χ1v) is 7.13. The Balaban J connectivity index is 2.15. The van der Waals surface area contributed by atoms with Crippen molar-refractivity contribution in [2.45, 2.75) is 19.6 Å². The molecular formula is C14H15ClFNOS. The summed E-state index contributed by atoms with van der Waals surface area (Å²) in [7, 11) is 1.83. The molecule has 0 radical (unpaired) electrons. The minimum atomic E-state index is -0.261. The molecule has 1 heterocycles. The normalized spacial score (nSPS) is 12.4. The molecule has 0 saturated heterocycles. The fourth-order valence-electron chi connectivity index (χ4n) is 1.72. The molecule has 2 nitrogen and oxygen atoms in total. The summed E-state index contributed by atoms with van der Waals surface area (Å²) in [5.41, 5.74) is 0.810. The van der Waals surface area contributed by atoms with Gasteiger partial charge in [0.15, 0.2) is 0 Å². The van der Waals surface area contributed by atoms with Crippen LogP contribution in [0.3, 0.4) is 0 Å². The third-order valence-electron chi connectivity index (χ3n) is 2.87. The third-order valence-corrected chi connectivity index (χ3v) is 4.07. The van der Waals surface area contributed by atoms with Crippen LogP contribution in [0.25, 0.3) is 0 Å². The highest BCUT2D eigenvalue weighted by atomic mass is 35.5. The molecule has 0 aliphatic heterocycles. The van der Waals surface area contributed by atoms with Crippen molar-refractivity contribution < 1.29 is 9.13 Å². The predicted molar refractivity (Wildman–Crippen MR) is 77.5 cm³/mol. The van der Waals surface area contributed by atoms with E-state index in [0.29, 0.717) is 12.4 Å². The molecule has 1 atom stereocenters. The fourth-order valence-corrected chi connectivity index (χ4v) is 2.72. The maximum absolute atomic E-state index is 13.3. The van der Waals surface area contributed by atoms with Gasteiger partial charge in [-0.2, -0.15) is 0 Å². The summed E-state index contributed by atoms with van der Waals surface area (Å²) in [6, 6.07) is 8.36. The minimum Gasteiger partial charge on any atom is -0.488 e. The van der Waals surface area contributed by atoms with E-state index in [0.717, 1.165) is 14.8 Å². The standard InChI is InChI=1S/C14H15ClFNOS/c1-9(17-2)12-7-10(16)3-5-13(12)18-8-11-4-6-14(15)19-11/h3-7,9,17H,8H2,1-2H3. The summed E-state index contributed by atoms with van der Waals surface area (Å²) in [6.45, 7) is 2.40. The van der Waals surface area contributed by atoms with E-state index in [4.69, 9.17) is 16.3 Å². The van der Waals surface area contributed by atoms with Crippen LogP contribution in [0.4, 0.5) is 4.39 Å². The molecule has 0 spiro atoms. The zero-order chi connectivity index (χ0) is 13.8. The molecule has 102 valence electrons. The highest BCUT2D eigenvalue weighted by Crippen LogP contribution is 2.28. The summed E-state index contributed by atoms with van der Waals surface area (Å²) in [6.07, 6.45) is 0. The predicted octanol–water partition coefficient (Wildman–Crippen LogP) is 4.40. The lowest BCUT2D eigenvalue weighted by atomic mass is 10.1. The molecule has 0 saturated carbocycles. The molecule has 1 aromatic heterocycles. The summed E-state index contributed by atoms with van der Waals surface area (Å²) >= 11 is 7.35. The average molecular weight is 300 g/mol. The van der Waals surface area contributed by atoms with E-state index >= 15 is 0 Å². The second-order valence-electron chi connectivity index (χ2n) is 4.19. The van der Waals surface area contributed by atoms with Gasteiger partial charge in [0.2, 0.25) is 0 Å². The lowest BCUT2D eigenvalue weighted by molar-refractivity contribution is 0.303. The van der Waals surface area contributed by atoms with Crippen molar-refractivity contribution >= 4 is 22.9 Å². The van der Waals surface area contributed by atoms with Crippen molar-refractivity contribution in [1.29, 1.82) is 0 Å². The highest BCUT2D eigenvalue weighted by Gasteiger charge is 2.12. The van der Waals surface area contributed by atoms with Crippen molar-refractivity contribution in [2.75, 3.05) is 7.05 Å². The lowest BCUT2D eigenvalue weighted by Crippen LogP contribution is -2.14. The molecule has 1 unspecified atom stereocenters. The van der Waals surface area contributed by atoms with Gasteiger partial charge >= 0.3 is 0 Å². The number of benzene rings is 1. The first-order chi connectivity index (χ1) is 9.10. The fraction of sp³-hybridized carbons (Fsp3) is 0.286. The second-order valence-corrected chi connectivity index (χ2v) is 5.99. The Morgan fingerprint density at radius 2 is 2.16 bits per heavy atom. The van der Waals surface area contributed by atoms with Gasteiger partial charge in [-0.3, -0.25) is 0 Å². The Bertz CT molecular complexity index is 558. The van der Waals surface area contributed by atoms with Crippen molar-refractivity contribution in [2.24, 2.45) is 0 Å². The maximum atomic E-state index is 13.3. The van der Waals surface area contributed by atoms with E-state index in [1.54, 1.807) is 6.07 Å². The molecule has 1 aromatic carbocycles. The third kappa shape index (κ3) is 3.69. The molecule has 1 N–H and O–H groups in total. The van der Waals surface area contributed by atoms with Crippen LogP contribution in [0.2, 0.25) is 4.34 Å². The zero-order valence-electron chi connectivity index (χ0n) is 10.7. The van der Waals surface area contributed by atoms with Gasteiger partial charge in [0.1, 0.15) is 18.2 Å². The van der Waals surface area contributed by atoms with Crippen LogP contribution in [0.1, 0.15) is 23.4 Å². The van der Waals surface area contributed by atoms with Crippen molar-refractivity contribution in [3.63, 3.8) is 0 Å². The first kappa shape index (κ1) is 14.3. The number of ether oxygens (including phenoxy) is 1. The Morgan fingerprint density at radius 3 is 2.79 bits per heavy atom. The molecule has 5 heteroatoms. The van der Waals surface area contributed by atoms with E-state index in [1.807, 2.05) is 26.1 Å². The summed E-state index contributed by atoms with van der Waals surface area (Å²) in [4.78, 5) is 1.04. The van der Waals surface area contributed by atoms with Crippen LogP contribution in [-0.2, 0) is 6.61 Å². The zero-order valence-corrected chi connectivity index (χ0v) is 12.3. The molecule has 0 fully saturated rings. The summed E-state index contributed by atoms with van der Waals surface area (Å²) < 4.78 is 19.8. The van der Waals surface area contributed by atoms with Gasteiger partial charge in [0.05, 0.1) is 4.34 Å². The Hall–Kier alpha value is -1.10. The molecule has 2 aromatic rings. The van der Waals surface area contributed by atoms with Crippen molar-refractivity contribution in [3.8, 4) is 5.75 Å². The molecule has 0 aliphatic rings. The van der Waals surface area contributed by atoms with Gasteiger partial charge in [0.25, 0.3) is 0 Å². The number of thiophene rings is 1. The number of halogens is 2. The van der Waals surface area contributed by atoms with Crippen LogP contribution >= 0.6 is 22.9 Å². The van der Waals surface area contributed by atoms with Crippen LogP contribution in [-0.4, -0.2) is 7.05 Å². The lowest BCUT2D eigenvalue weighted by Gasteiger charge is -2.16. The molecule has 2 rings (SSSR count). The molecule has 19 heavy (non-hydrogen) atoms. The molecule has 0 amide bonds. The van der Waals surface area contributed by atoms with E-state index in [9.17, 15) is 4.39 Å². The van der Waals surface area contributed by atoms with Crippen molar-refractivity contribution in [3.05, 3.63) is 50.9 Å². The maximum Gasteiger partial charge on any atom is 0.124 e. The Morgan fingerprint density at radius 1 is 1.37 bits per heavy atom. The van der Waals surface area contributed by atoms with E-state index in [2.05, 4.69) is 5.32 Å². The Labute approximate surface area is 121 Å². The second kappa shape index (κ2) is 6.37. The van der Waals surface area contributed by atoms with Gasteiger partial charge in [-0.15, -0.1) is 11.3 Å². The topological polar surface area (TPSA) is 21.3 Å². The summed E-state index contributed by atoms with van der Waals surface area (Å²) in [5, 5.41) is 3.09. The van der Waals surface area contributed by atoms with Gasteiger partial charge in [-0.1, -0.05) is 11.6 Å². The average Bonchev–Trinajstić information content (AvgIpc) is 2.82. The van der Waals surface area contributed by atoms with Gasteiger partial charge in [-0.05, 0) is 44.3 Å². The van der Waals surface area contributed by atoms with Gasteiger partial charge in [-0.25, -0.2) is 4.39 Å². The quantitative estimate of drug-likeness (QED) is 0.883. The molecule has 0 aliphatic carbocycles. The van der Waals surface area contributed by atoms with Crippen LogP contribution in [0.5, 0.6) is 5.75 Å². The van der Waals surface area contributed by atoms with Gasteiger partial charge in [0, 0.05) is 16.5 Å². The van der Waals surface area contributed by atoms with E-state index < -0.39 is 0 Å². The molecular weight excluding hydrogens is 285 g/mol. The number of nitrogens with one attached hydrogen (secondary N) is 1. The first-order valence-electron chi connectivity index (χ1n) is 5.94. The van der Waals surface area contributed by atoms with Crippen LogP contribution < -0.4 is 10.1 Å². The number of hydrogen-bond donors (Lipinski definition) is 1. The number of hydrogen-bond acceptors (Lipinski definition) is 3. The summed E-state index contributed by atoms with van der Waals surface area (Å²) in [5.74, 6) is 0.427. The van der Waals surface area contributed by atoms with Crippen LogP contribution in [0.15, 0.2) is 30.3 Å². The van der Waals surface area contributed by atoms with E-state index in [1.165, 1.54) is 23.5 Å². The minimum absolute atomic E-state index is 0.0256. The highest BCUT2D eigenvalue weighted by molar-refractivity contribution is 7.16. The van der Waals surface area contributed by atoms with Crippen molar-refractivity contribution in [1.82, 2.24) is 5.32 Å². The van der Waals surface area contributed by atoms with Crippen LogP contribution in [0, 0.1) is 5.82 Å². The SMILES string of the molecule is CNC(C)c1cc(F)ccc1OCc1ccc(Cl)s1.